The van der Waals surface area contributed by atoms with Gasteiger partial charge in [-0.2, -0.15) is 0 Å². The molecule has 21 heavy (non-hydrogen) atoms. The molecule has 1 fully saturated rings. The van der Waals surface area contributed by atoms with E-state index in [1.807, 2.05) is 0 Å². The minimum absolute atomic E-state index is 0.0455. The first-order valence-electron chi connectivity index (χ1n) is 7.31. The quantitative estimate of drug-likeness (QED) is 0.792. The number of nitrogens with one attached hydrogen (secondary N) is 1. The topological polar surface area (TPSA) is 66.4 Å². The predicted molar refractivity (Wildman–Crippen MR) is 76.4 cm³/mol. The molecule has 0 spiro atoms. The average Bonchev–Trinajstić information content (AvgIpc) is 2.94. The molecule has 0 saturated heterocycles. The molecule has 0 radical (unpaired) electrons. The van der Waals surface area contributed by atoms with Crippen LogP contribution in [0.3, 0.4) is 0 Å². The number of carboxylic acids is 1. The van der Waals surface area contributed by atoms with Gasteiger partial charge in [-0.05, 0) is 37.0 Å². The number of rotatable bonds is 6. The maximum atomic E-state index is 13.1. The van der Waals surface area contributed by atoms with E-state index in [1.165, 1.54) is 12.1 Å². The molecule has 1 amide bonds. The number of hydrogen-bond donors (Lipinski definition) is 2. The maximum Gasteiger partial charge on any atom is 0.303 e. The summed E-state index contributed by atoms with van der Waals surface area (Å²) in [5, 5.41) is 11.4. The third-order valence-corrected chi connectivity index (χ3v) is 4.14. The minimum Gasteiger partial charge on any atom is -0.481 e. The third-order valence-electron chi connectivity index (χ3n) is 4.14. The molecular formula is C16H20FNO3. The van der Waals surface area contributed by atoms with E-state index in [0.717, 1.165) is 31.2 Å². The molecule has 1 aromatic carbocycles. The van der Waals surface area contributed by atoms with Crippen LogP contribution in [-0.4, -0.2) is 23.5 Å². The molecule has 0 atom stereocenters. The molecule has 1 saturated carbocycles. The normalized spacial score (nSPS) is 16.6. The molecule has 2 rings (SSSR count). The van der Waals surface area contributed by atoms with Gasteiger partial charge in [0.15, 0.2) is 0 Å². The predicted octanol–water partition coefficient (Wildman–Crippen LogP) is 2.62. The Kier molecular flexibility index (Phi) is 4.94. The fourth-order valence-corrected chi connectivity index (χ4v) is 3.01. The summed E-state index contributed by atoms with van der Waals surface area (Å²) >= 11 is 0. The summed E-state index contributed by atoms with van der Waals surface area (Å²) in [4.78, 5) is 23.0. The lowest BCUT2D eigenvalue weighted by molar-refractivity contribution is -0.137. The molecule has 114 valence electrons. The number of halogens is 1. The lowest BCUT2D eigenvalue weighted by atomic mass is 9.78. The van der Waals surface area contributed by atoms with Gasteiger partial charge < -0.3 is 10.4 Å². The van der Waals surface area contributed by atoms with Crippen molar-refractivity contribution in [2.45, 2.75) is 43.9 Å². The fourth-order valence-electron chi connectivity index (χ4n) is 3.01. The maximum absolute atomic E-state index is 13.1. The van der Waals surface area contributed by atoms with Crippen molar-refractivity contribution in [3.8, 4) is 0 Å². The largest absolute Gasteiger partial charge is 0.481 e. The van der Waals surface area contributed by atoms with Crippen molar-refractivity contribution in [2.75, 3.05) is 6.54 Å². The summed E-state index contributed by atoms with van der Waals surface area (Å²) in [7, 11) is 0. The van der Waals surface area contributed by atoms with Gasteiger partial charge in [0.05, 0.1) is 5.41 Å². The van der Waals surface area contributed by atoms with Gasteiger partial charge in [0.25, 0.3) is 0 Å². The Hall–Kier alpha value is -1.91. The van der Waals surface area contributed by atoms with Crippen molar-refractivity contribution in [1.29, 1.82) is 0 Å². The third kappa shape index (κ3) is 3.60. The Bertz CT molecular complexity index is 507. The zero-order valence-electron chi connectivity index (χ0n) is 11.9. The number of carbonyl (C=O) groups excluding carboxylic acids is 1. The van der Waals surface area contributed by atoms with Gasteiger partial charge in [0.2, 0.25) is 5.91 Å². The standard InChI is InChI=1S/C16H20FNO3/c17-13-7-5-12(6-8-13)16(9-1-2-10-16)15(21)18-11-3-4-14(19)20/h5-8H,1-4,9-11H2,(H,18,21)(H,19,20). The molecule has 1 aliphatic carbocycles. The molecule has 0 bridgehead atoms. The lowest BCUT2D eigenvalue weighted by Crippen LogP contribution is -2.43. The summed E-state index contributed by atoms with van der Waals surface area (Å²) in [6, 6.07) is 6.12. The van der Waals surface area contributed by atoms with Gasteiger partial charge in [0, 0.05) is 13.0 Å². The van der Waals surface area contributed by atoms with Crippen molar-refractivity contribution in [1.82, 2.24) is 5.32 Å². The highest BCUT2D eigenvalue weighted by atomic mass is 19.1. The average molecular weight is 293 g/mol. The van der Waals surface area contributed by atoms with E-state index in [2.05, 4.69) is 5.32 Å². The van der Waals surface area contributed by atoms with Crippen LogP contribution >= 0.6 is 0 Å². The smallest absolute Gasteiger partial charge is 0.303 e. The van der Waals surface area contributed by atoms with Crippen molar-refractivity contribution in [3.05, 3.63) is 35.6 Å². The van der Waals surface area contributed by atoms with Gasteiger partial charge >= 0.3 is 5.97 Å². The highest BCUT2D eigenvalue weighted by Gasteiger charge is 2.42. The first-order chi connectivity index (χ1) is 10.0. The van der Waals surface area contributed by atoms with E-state index < -0.39 is 11.4 Å². The molecule has 2 N–H and O–H groups in total. The minimum atomic E-state index is -0.863. The molecule has 4 nitrogen and oxygen atoms in total. The molecule has 0 aliphatic heterocycles. The second-order valence-electron chi connectivity index (χ2n) is 5.55. The Labute approximate surface area is 123 Å². The zero-order chi connectivity index (χ0) is 15.3. The Balaban J connectivity index is 2.05. The zero-order valence-corrected chi connectivity index (χ0v) is 11.9. The van der Waals surface area contributed by atoms with Crippen LogP contribution in [0.25, 0.3) is 0 Å². The Morgan fingerprint density at radius 1 is 1.19 bits per heavy atom. The van der Waals surface area contributed by atoms with E-state index >= 15 is 0 Å². The second-order valence-corrected chi connectivity index (χ2v) is 5.55. The number of amides is 1. The highest BCUT2D eigenvalue weighted by Crippen LogP contribution is 2.41. The van der Waals surface area contributed by atoms with Crippen LogP contribution in [0.4, 0.5) is 4.39 Å². The number of carbonyl (C=O) groups is 2. The van der Waals surface area contributed by atoms with Crippen molar-refractivity contribution >= 4 is 11.9 Å². The number of benzene rings is 1. The van der Waals surface area contributed by atoms with Crippen LogP contribution in [0.15, 0.2) is 24.3 Å². The van der Waals surface area contributed by atoms with Crippen molar-refractivity contribution in [3.63, 3.8) is 0 Å². The first kappa shape index (κ1) is 15.5. The van der Waals surface area contributed by atoms with E-state index in [4.69, 9.17) is 5.11 Å². The number of carboxylic acid groups (broad SMARTS) is 1. The fraction of sp³-hybridized carbons (Fsp3) is 0.500. The van der Waals surface area contributed by atoms with Gasteiger partial charge in [0.1, 0.15) is 5.82 Å². The molecular weight excluding hydrogens is 273 g/mol. The molecule has 1 aliphatic rings. The summed E-state index contributed by atoms with van der Waals surface area (Å²) in [5.74, 6) is -1.25. The summed E-state index contributed by atoms with van der Waals surface area (Å²) in [5.41, 5.74) is 0.258. The summed E-state index contributed by atoms with van der Waals surface area (Å²) < 4.78 is 13.1. The molecule has 0 heterocycles. The summed E-state index contributed by atoms with van der Waals surface area (Å²) in [6.45, 7) is 0.355. The van der Waals surface area contributed by atoms with Gasteiger partial charge in [-0.3, -0.25) is 9.59 Å². The molecule has 0 aromatic heterocycles. The molecule has 5 heteroatoms. The SMILES string of the molecule is O=C(O)CCCNC(=O)C1(c2ccc(F)cc2)CCCC1. The van der Waals surface area contributed by atoms with Crippen LogP contribution in [0.5, 0.6) is 0 Å². The number of hydrogen-bond acceptors (Lipinski definition) is 2. The van der Waals surface area contributed by atoms with Gasteiger partial charge in [-0.25, -0.2) is 4.39 Å². The first-order valence-corrected chi connectivity index (χ1v) is 7.31. The Morgan fingerprint density at radius 2 is 1.81 bits per heavy atom. The van der Waals surface area contributed by atoms with Crippen molar-refractivity contribution in [2.24, 2.45) is 0 Å². The van der Waals surface area contributed by atoms with Crippen LogP contribution in [0.1, 0.15) is 44.1 Å². The monoisotopic (exact) mass is 293 g/mol. The van der Waals surface area contributed by atoms with Gasteiger partial charge in [-0.15, -0.1) is 0 Å². The molecule has 0 unspecified atom stereocenters. The highest BCUT2D eigenvalue weighted by molar-refractivity contribution is 5.88. The number of aliphatic carboxylic acids is 1. The van der Waals surface area contributed by atoms with Gasteiger partial charge in [-0.1, -0.05) is 25.0 Å². The van der Waals surface area contributed by atoms with E-state index in [0.29, 0.717) is 13.0 Å². The van der Waals surface area contributed by atoms with Crippen LogP contribution in [-0.2, 0) is 15.0 Å². The lowest BCUT2D eigenvalue weighted by Gasteiger charge is -2.28. The second kappa shape index (κ2) is 6.70. The summed E-state index contributed by atoms with van der Waals surface area (Å²) in [6.07, 6.45) is 3.91. The van der Waals surface area contributed by atoms with E-state index in [9.17, 15) is 14.0 Å². The van der Waals surface area contributed by atoms with E-state index in [1.54, 1.807) is 12.1 Å². The van der Waals surface area contributed by atoms with Crippen LogP contribution in [0, 0.1) is 5.82 Å². The Morgan fingerprint density at radius 3 is 2.38 bits per heavy atom. The van der Waals surface area contributed by atoms with Crippen LogP contribution in [0.2, 0.25) is 0 Å². The van der Waals surface area contributed by atoms with Crippen molar-refractivity contribution < 1.29 is 19.1 Å². The van der Waals surface area contributed by atoms with E-state index in [-0.39, 0.29) is 18.1 Å². The molecule has 1 aromatic rings. The van der Waals surface area contributed by atoms with Crippen LogP contribution < -0.4 is 5.32 Å².